The number of aryl methyl sites for hydroxylation is 1. The Balaban J connectivity index is 1.54. The van der Waals surface area contributed by atoms with Crippen molar-refractivity contribution in [1.82, 2.24) is 4.98 Å². The normalized spacial score (nSPS) is 15.9. The average molecular weight is 349 g/mol. The predicted molar refractivity (Wildman–Crippen MR) is 96.5 cm³/mol. The van der Waals surface area contributed by atoms with Gasteiger partial charge in [-0.1, -0.05) is 12.1 Å². The van der Waals surface area contributed by atoms with E-state index in [9.17, 15) is 9.90 Å². The number of hydrogen-bond acceptors (Lipinski definition) is 4. The molecular formula is C21H19NO4. The van der Waals surface area contributed by atoms with Crippen LogP contribution in [0.2, 0.25) is 0 Å². The van der Waals surface area contributed by atoms with Gasteiger partial charge in [0.1, 0.15) is 5.75 Å². The number of carboxylic acid groups (broad SMARTS) is 1. The maximum absolute atomic E-state index is 11.4. The molecule has 0 radical (unpaired) electrons. The number of fused-ring (bicyclic) bond motifs is 1. The Kier molecular flexibility index (Phi) is 4.44. The molecule has 2 aromatic heterocycles. The van der Waals surface area contributed by atoms with E-state index >= 15 is 0 Å². The van der Waals surface area contributed by atoms with Crippen LogP contribution in [0, 0.1) is 0 Å². The van der Waals surface area contributed by atoms with E-state index in [2.05, 4.69) is 23.2 Å². The number of aromatic nitrogens is 1. The van der Waals surface area contributed by atoms with E-state index in [4.69, 9.17) is 9.15 Å². The van der Waals surface area contributed by atoms with E-state index in [1.807, 2.05) is 6.07 Å². The summed E-state index contributed by atoms with van der Waals surface area (Å²) in [5.41, 5.74) is 4.40. The maximum atomic E-state index is 11.4. The van der Waals surface area contributed by atoms with Crippen molar-refractivity contribution in [3.8, 4) is 16.9 Å². The number of carbonyl (C=O) groups is 1. The van der Waals surface area contributed by atoms with Gasteiger partial charge in [0, 0.05) is 18.0 Å². The maximum Gasteiger partial charge on any atom is 0.336 e. The van der Waals surface area contributed by atoms with Gasteiger partial charge in [-0.15, -0.1) is 0 Å². The number of benzene rings is 1. The van der Waals surface area contributed by atoms with Crippen LogP contribution in [0.4, 0.5) is 0 Å². The molecule has 0 saturated carbocycles. The summed E-state index contributed by atoms with van der Waals surface area (Å²) in [6.07, 6.45) is 9.04. The molecular weight excluding hydrogens is 330 g/mol. The van der Waals surface area contributed by atoms with Crippen molar-refractivity contribution in [3.63, 3.8) is 0 Å². The monoisotopic (exact) mass is 349 g/mol. The Morgan fingerprint density at radius 1 is 1.23 bits per heavy atom. The summed E-state index contributed by atoms with van der Waals surface area (Å²) in [5.74, 6) is 0.350. The van der Waals surface area contributed by atoms with Crippen LogP contribution in [-0.2, 0) is 6.42 Å². The van der Waals surface area contributed by atoms with Crippen LogP contribution in [-0.4, -0.2) is 22.7 Å². The molecule has 1 unspecified atom stereocenters. The first-order chi connectivity index (χ1) is 12.7. The molecule has 1 aliphatic heterocycles. The van der Waals surface area contributed by atoms with Crippen LogP contribution in [0.25, 0.3) is 11.1 Å². The predicted octanol–water partition coefficient (Wildman–Crippen LogP) is 4.54. The minimum Gasteiger partial charge on any atom is -0.493 e. The van der Waals surface area contributed by atoms with Crippen LogP contribution in [0.3, 0.4) is 0 Å². The van der Waals surface area contributed by atoms with Crippen LogP contribution in [0.15, 0.2) is 59.7 Å². The van der Waals surface area contributed by atoms with Gasteiger partial charge in [-0.2, -0.15) is 0 Å². The van der Waals surface area contributed by atoms with Crippen molar-refractivity contribution in [2.24, 2.45) is 0 Å². The Morgan fingerprint density at radius 3 is 2.96 bits per heavy atom. The molecule has 0 saturated heterocycles. The molecule has 1 aromatic carbocycles. The Hall–Kier alpha value is -3.08. The van der Waals surface area contributed by atoms with Gasteiger partial charge in [0.2, 0.25) is 0 Å². The lowest BCUT2D eigenvalue weighted by molar-refractivity contribution is 0.0695. The zero-order valence-electron chi connectivity index (χ0n) is 14.2. The zero-order valence-corrected chi connectivity index (χ0v) is 14.2. The molecule has 26 heavy (non-hydrogen) atoms. The van der Waals surface area contributed by atoms with Crippen molar-refractivity contribution in [1.29, 1.82) is 0 Å². The smallest absolute Gasteiger partial charge is 0.336 e. The highest BCUT2D eigenvalue weighted by molar-refractivity contribution is 5.89. The lowest BCUT2D eigenvalue weighted by Gasteiger charge is -2.26. The third-order valence-electron chi connectivity index (χ3n) is 4.93. The number of ether oxygens (including phenoxy) is 1. The zero-order chi connectivity index (χ0) is 17.9. The van der Waals surface area contributed by atoms with Crippen molar-refractivity contribution in [3.05, 3.63) is 71.9 Å². The fourth-order valence-electron chi connectivity index (χ4n) is 3.54. The number of hydrogen-bond donors (Lipinski definition) is 1. The molecule has 0 amide bonds. The molecule has 0 fully saturated rings. The number of nitrogens with zero attached hydrogens (tertiary/aromatic N) is 1. The van der Waals surface area contributed by atoms with E-state index in [1.54, 1.807) is 24.8 Å². The second kappa shape index (κ2) is 7.04. The molecule has 3 heterocycles. The highest BCUT2D eigenvalue weighted by Gasteiger charge is 2.23. The quantitative estimate of drug-likeness (QED) is 0.732. The molecule has 0 bridgehead atoms. The summed E-state index contributed by atoms with van der Waals surface area (Å²) < 4.78 is 11.0. The lowest BCUT2D eigenvalue weighted by Crippen LogP contribution is -2.15. The van der Waals surface area contributed by atoms with Crippen molar-refractivity contribution >= 4 is 5.97 Å². The van der Waals surface area contributed by atoms with Gasteiger partial charge in [-0.05, 0) is 60.1 Å². The Morgan fingerprint density at radius 2 is 2.15 bits per heavy atom. The van der Waals surface area contributed by atoms with Gasteiger partial charge in [-0.3, -0.25) is 4.98 Å². The molecule has 4 rings (SSSR count). The highest BCUT2D eigenvalue weighted by atomic mass is 16.5. The third-order valence-corrected chi connectivity index (χ3v) is 4.93. The molecule has 0 spiro atoms. The first kappa shape index (κ1) is 16.4. The van der Waals surface area contributed by atoms with Gasteiger partial charge in [0.25, 0.3) is 0 Å². The fourth-order valence-corrected chi connectivity index (χ4v) is 3.54. The number of pyridine rings is 1. The molecule has 1 N–H and O–H groups in total. The van der Waals surface area contributed by atoms with E-state index in [0.29, 0.717) is 24.5 Å². The Bertz CT molecular complexity index is 918. The number of aromatic carboxylic acids is 1. The van der Waals surface area contributed by atoms with Gasteiger partial charge in [-0.25, -0.2) is 4.79 Å². The number of furan rings is 1. The van der Waals surface area contributed by atoms with Gasteiger partial charge in [0.05, 0.1) is 24.7 Å². The van der Waals surface area contributed by atoms with Crippen molar-refractivity contribution in [2.45, 2.75) is 25.2 Å². The standard InChI is InChI=1S/C21H19NO4/c23-21(24)19-5-8-22-12-16(19)2-1-14-7-10-26-20-11-15(3-4-18(14)20)17-6-9-25-13-17/h3-6,8-9,11-14H,1-2,7,10H2,(H,23,24). The first-order valence-corrected chi connectivity index (χ1v) is 8.68. The average Bonchev–Trinajstić information content (AvgIpc) is 3.21. The summed E-state index contributed by atoms with van der Waals surface area (Å²) in [6.45, 7) is 0.672. The summed E-state index contributed by atoms with van der Waals surface area (Å²) in [7, 11) is 0. The topological polar surface area (TPSA) is 72.6 Å². The van der Waals surface area contributed by atoms with E-state index < -0.39 is 5.97 Å². The van der Waals surface area contributed by atoms with E-state index in [1.165, 1.54) is 11.8 Å². The summed E-state index contributed by atoms with van der Waals surface area (Å²) >= 11 is 0. The second-order valence-electron chi connectivity index (χ2n) is 6.48. The molecule has 1 atom stereocenters. The van der Waals surface area contributed by atoms with Crippen LogP contribution < -0.4 is 4.74 Å². The lowest BCUT2D eigenvalue weighted by atomic mass is 9.86. The molecule has 5 heteroatoms. The molecule has 0 aliphatic carbocycles. The SMILES string of the molecule is O=C(O)c1ccncc1CCC1CCOc2cc(-c3ccoc3)ccc21. The van der Waals surface area contributed by atoms with Crippen molar-refractivity contribution < 1.29 is 19.1 Å². The van der Waals surface area contributed by atoms with E-state index in [-0.39, 0.29) is 0 Å². The summed E-state index contributed by atoms with van der Waals surface area (Å²) in [5, 5.41) is 9.33. The van der Waals surface area contributed by atoms with Gasteiger partial charge >= 0.3 is 5.97 Å². The van der Waals surface area contributed by atoms with E-state index in [0.717, 1.165) is 35.3 Å². The fraction of sp³-hybridized carbons (Fsp3) is 0.238. The molecule has 3 aromatic rings. The van der Waals surface area contributed by atoms with Crippen molar-refractivity contribution in [2.75, 3.05) is 6.61 Å². The number of carboxylic acids is 1. The molecule has 132 valence electrons. The third kappa shape index (κ3) is 3.20. The number of rotatable bonds is 5. The van der Waals surface area contributed by atoms with Crippen LogP contribution in [0.1, 0.15) is 40.2 Å². The summed E-state index contributed by atoms with van der Waals surface area (Å²) in [6, 6.07) is 9.74. The minimum absolute atomic E-state index is 0.336. The van der Waals surface area contributed by atoms with Crippen LogP contribution >= 0.6 is 0 Å². The summed E-state index contributed by atoms with van der Waals surface area (Å²) in [4.78, 5) is 15.4. The Labute approximate surface area is 151 Å². The van der Waals surface area contributed by atoms with Crippen LogP contribution in [0.5, 0.6) is 5.75 Å². The van der Waals surface area contributed by atoms with Gasteiger partial charge in [0.15, 0.2) is 0 Å². The second-order valence-corrected chi connectivity index (χ2v) is 6.48. The largest absolute Gasteiger partial charge is 0.493 e. The highest BCUT2D eigenvalue weighted by Crippen LogP contribution is 2.39. The molecule has 1 aliphatic rings. The molecule has 5 nitrogen and oxygen atoms in total. The first-order valence-electron chi connectivity index (χ1n) is 8.68. The van der Waals surface area contributed by atoms with Gasteiger partial charge < -0.3 is 14.3 Å². The minimum atomic E-state index is -0.903.